The quantitative estimate of drug-likeness (QED) is 0.862. The van der Waals surface area contributed by atoms with Gasteiger partial charge in [-0.2, -0.15) is 5.26 Å². The van der Waals surface area contributed by atoms with Crippen LogP contribution in [0.1, 0.15) is 48.9 Å². The van der Waals surface area contributed by atoms with Crippen molar-refractivity contribution >= 4 is 11.8 Å². The number of nitrogens with zero attached hydrogens (tertiary/aromatic N) is 2. The third kappa shape index (κ3) is 3.91. The van der Waals surface area contributed by atoms with Gasteiger partial charge in [-0.15, -0.1) is 0 Å². The third-order valence-electron chi connectivity index (χ3n) is 4.89. The summed E-state index contributed by atoms with van der Waals surface area (Å²) in [5.41, 5.74) is 0.544. The first kappa shape index (κ1) is 16.4. The van der Waals surface area contributed by atoms with Gasteiger partial charge >= 0.3 is 0 Å². The number of rotatable bonds is 5. The number of hydrogen-bond acceptors (Lipinski definition) is 4. The molecule has 0 radical (unpaired) electrons. The van der Waals surface area contributed by atoms with E-state index in [9.17, 15) is 14.9 Å². The molecule has 0 aliphatic heterocycles. The third-order valence-corrected chi connectivity index (χ3v) is 4.89. The van der Waals surface area contributed by atoms with Gasteiger partial charge in [-0.3, -0.25) is 14.6 Å². The van der Waals surface area contributed by atoms with E-state index in [1.807, 2.05) is 0 Å². The molecule has 126 valence electrons. The Balaban J connectivity index is 1.63. The predicted molar refractivity (Wildman–Crippen MR) is 87.7 cm³/mol. The van der Waals surface area contributed by atoms with Crippen molar-refractivity contribution in [2.75, 3.05) is 0 Å². The van der Waals surface area contributed by atoms with Gasteiger partial charge in [0.25, 0.3) is 5.91 Å². The molecule has 1 aromatic heterocycles. The minimum Gasteiger partial charge on any atom is -0.349 e. The lowest BCUT2D eigenvalue weighted by Gasteiger charge is -2.31. The Morgan fingerprint density at radius 3 is 2.54 bits per heavy atom. The molecule has 3 rings (SSSR count). The van der Waals surface area contributed by atoms with Gasteiger partial charge in [0.15, 0.2) is 0 Å². The molecule has 1 aromatic rings. The number of pyridine rings is 1. The summed E-state index contributed by atoms with van der Waals surface area (Å²) in [4.78, 5) is 28.9. The molecule has 2 N–H and O–H groups in total. The number of carbonyl (C=O) groups is 2. The summed E-state index contributed by atoms with van der Waals surface area (Å²) >= 11 is 0. The van der Waals surface area contributed by atoms with Crippen LogP contribution in [0.15, 0.2) is 24.5 Å². The van der Waals surface area contributed by atoms with Gasteiger partial charge in [0.2, 0.25) is 5.91 Å². The zero-order valence-corrected chi connectivity index (χ0v) is 13.6. The van der Waals surface area contributed by atoms with E-state index in [4.69, 9.17) is 0 Å². The maximum absolute atomic E-state index is 12.6. The van der Waals surface area contributed by atoms with Crippen LogP contribution >= 0.6 is 0 Å². The summed E-state index contributed by atoms with van der Waals surface area (Å²) in [7, 11) is 0. The van der Waals surface area contributed by atoms with Crippen molar-refractivity contribution in [1.82, 2.24) is 15.6 Å². The molecule has 2 amide bonds. The van der Waals surface area contributed by atoms with Crippen LogP contribution in [0.5, 0.6) is 0 Å². The lowest BCUT2D eigenvalue weighted by molar-refractivity contribution is -0.127. The molecule has 3 atom stereocenters. The molecular formula is C18H22N4O2. The molecule has 0 aromatic carbocycles. The van der Waals surface area contributed by atoms with Gasteiger partial charge in [0.05, 0.1) is 12.0 Å². The summed E-state index contributed by atoms with van der Waals surface area (Å²) in [5, 5.41) is 15.1. The number of amides is 2. The molecule has 24 heavy (non-hydrogen) atoms. The minimum atomic E-state index is -0.393. The summed E-state index contributed by atoms with van der Waals surface area (Å²) < 4.78 is 0. The smallest absolute Gasteiger partial charge is 0.251 e. The largest absolute Gasteiger partial charge is 0.349 e. The van der Waals surface area contributed by atoms with Crippen molar-refractivity contribution in [3.8, 4) is 6.07 Å². The molecule has 2 fully saturated rings. The monoisotopic (exact) mass is 326 g/mol. The molecule has 2 saturated carbocycles. The normalized spacial score (nSPS) is 24.5. The molecule has 0 spiro atoms. The van der Waals surface area contributed by atoms with Crippen LogP contribution in [0, 0.1) is 23.2 Å². The summed E-state index contributed by atoms with van der Waals surface area (Å²) in [5.74, 6) is -0.249. The number of carbonyl (C=O) groups excluding carboxylic acids is 2. The van der Waals surface area contributed by atoms with Crippen LogP contribution in [-0.2, 0) is 4.79 Å². The molecule has 2 aliphatic rings. The van der Waals surface area contributed by atoms with Gasteiger partial charge in [0.1, 0.15) is 6.04 Å². The van der Waals surface area contributed by atoms with E-state index < -0.39 is 6.04 Å². The fraction of sp³-hybridized carbons (Fsp3) is 0.556. The summed E-state index contributed by atoms with van der Waals surface area (Å²) in [6.07, 6.45) is 8.66. The van der Waals surface area contributed by atoms with Crippen LogP contribution < -0.4 is 10.6 Å². The van der Waals surface area contributed by atoms with Gasteiger partial charge in [0, 0.05) is 24.0 Å². The van der Waals surface area contributed by atoms with E-state index >= 15 is 0 Å². The SMILES string of the molecule is N#CC(NC(=O)[C@@H]1CCCC[C@@H]1NC(=O)c1ccncc1)C1CC1. The van der Waals surface area contributed by atoms with E-state index in [0.717, 1.165) is 38.5 Å². The molecule has 0 saturated heterocycles. The van der Waals surface area contributed by atoms with Gasteiger partial charge < -0.3 is 10.6 Å². The zero-order valence-electron chi connectivity index (χ0n) is 13.6. The first-order chi connectivity index (χ1) is 11.7. The van der Waals surface area contributed by atoms with E-state index in [0.29, 0.717) is 11.5 Å². The van der Waals surface area contributed by atoms with Gasteiger partial charge in [-0.1, -0.05) is 12.8 Å². The fourth-order valence-corrected chi connectivity index (χ4v) is 3.32. The first-order valence-electron chi connectivity index (χ1n) is 8.60. The number of nitrogens with one attached hydrogen (secondary N) is 2. The van der Waals surface area contributed by atoms with Crippen LogP contribution in [0.3, 0.4) is 0 Å². The molecule has 2 aliphatic carbocycles. The second-order valence-electron chi connectivity index (χ2n) is 6.66. The van der Waals surface area contributed by atoms with Crippen molar-refractivity contribution in [2.45, 2.75) is 50.6 Å². The summed E-state index contributed by atoms with van der Waals surface area (Å²) in [6.45, 7) is 0. The van der Waals surface area contributed by atoms with E-state index in [1.54, 1.807) is 24.5 Å². The van der Waals surface area contributed by atoms with E-state index in [1.165, 1.54) is 0 Å². The van der Waals surface area contributed by atoms with E-state index in [-0.39, 0.29) is 23.8 Å². The van der Waals surface area contributed by atoms with Gasteiger partial charge in [-0.25, -0.2) is 0 Å². The maximum atomic E-state index is 12.6. The molecule has 0 bridgehead atoms. The van der Waals surface area contributed by atoms with Crippen molar-refractivity contribution in [3.05, 3.63) is 30.1 Å². The second kappa shape index (κ2) is 7.43. The topological polar surface area (TPSA) is 94.9 Å². The van der Waals surface area contributed by atoms with Crippen molar-refractivity contribution in [1.29, 1.82) is 5.26 Å². The minimum absolute atomic E-state index is 0.104. The average molecular weight is 326 g/mol. The lowest BCUT2D eigenvalue weighted by Crippen LogP contribution is -2.50. The highest BCUT2D eigenvalue weighted by atomic mass is 16.2. The van der Waals surface area contributed by atoms with E-state index in [2.05, 4.69) is 21.7 Å². The molecule has 1 unspecified atom stereocenters. The Morgan fingerprint density at radius 1 is 1.17 bits per heavy atom. The Labute approximate surface area is 141 Å². The fourth-order valence-electron chi connectivity index (χ4n) is 3.32. The second-order valence-corrected chi connectivity index (χ2v) is 6.66. The molecular weight excluding hydrogens is 304 g/mol. The van der Waals surface area contributed by atoms with Crippen LogP contribution in [0.25, 0.3) is 0 Å². The number of aromatic nitrogens is 1. The van der Waals surface area contributed by atoms with Crippen molar-refractivity contribution < 1.29 is 9.59 Å². The number of hydrogen-bond donors (Lipinski definition) is 2. The standard InChI is InChI=1S/C18H22N4O2/c19-11-16(12-5-6-12)22-18(24)14-3-1-2-4-15(14)21-17(23)13-7-9-20-10-8-13/h7-10,12,14-16H,1-6H2,(H,21,23)(H,22,24)/t14-,15+,16?/m1/s1. The Morgan fingerprint density at radius 2 is 1.88 bits per heavy atom. The number of nitriles is 1. The predicted octanol–water partition coefficient (Wildman–Crippen LogP) is 1.79. The van der Waals surface area contributed by atoms with Crippen molar-refractivity contribution in [2.24, 2.45) is 11.8 Å². The highest BCUT2D eigenvalue weighted by Crippen LogP contribution is 2.33. The molecule has 6 heteroatoms. The highest BCUT2D eigenvalue weighted by Gasteiger charge is 2.37. The van der Waals surface area contributed by atoms with Crippen LogP contribution in [0.4, 0.5) is 0 Å². The van der Waals surface area contributed by atoms with Gasteiger partial charge in [-0.05, 0) is 43.7 Å². The molecule has 1 heterocycles. The Kier molecular flexibility index (Phi) is 5.09. The van der Waals surface area contributed by atoms with Crippen LogP contribution in [0.2, 0.25) is 0 Å². The highest BCUT2D eigenvalue weighted by molar-refractivity contribution is 5.94. The molecule has 6 nitrogen and oxygen atoms in total. The summed E-state index contributed by atoms with van der Waals surface area (Å²) in [6, 6.07) is 4.93. The first-order valence-corrected chi connectivity index (χ1v) is 8.60. The Bertz CT molecular complexity index is 636. The van der Waals surface area contributed by atoms with Crippen LogP contribution in [-0.4, -0.2) is 28.9 Å². The average Bonchev–Trinajstić information content (AvgIpc) is 3.45. The maximum Gasteiger partial charge on any atom is 0.251 e. The van der Waals surface area contributed by atoms with Crippen molar-refractivity contribution in [3.63, 3.8) is 0 Å². The Hall–Kier alpha value is -2.42. The lowest BCUT2D eigenvalue weighted by atomic mass is 9.83. The zero-order chi connectivity index (χ0) is 16.9.